The Morgan fingerprint density at radius 3 is 2.30 bits per heavy atom. The molecule has 0 saturated heterocycles. The average Bonchev–Trinajstić information content (AvgIpc) is 2.37. The minimum atomic E-state index is -0.620. The lowest BCUT2D eigenvalue weighted by molar-refractivity contribution is 0.102. The third kappa shape index (κ3) is 3.25. The van der Waals surface area contributed by atoms with E-state index in [9.17, 15) is 9.90 Å². The van der Waals surface area contributed by atoms with Crippen molar-refractivity contribution in [1.29, 1.82) is 0 Å². The molecule has 0 aliphatic rings. The predicted molar refractivity (Wildman–Crippen MR) is 80.9 cm³/mol. The zero-order chi connectivity index (χ0) is 14.7. The summed E-state index contributed by atoms with van der Waals surface area (Å²) < 4.78 is 0. The van der Waals surface area contributed by atoms with Crippen LogP contribution in [0.2, 0.25) is 0 Å². The number of amides is 1. The van der Waals surface area contributed by atoms with Crippen LogP contribution in [0.1, 0.15) is 40.1 Å². The van der Waals surface area contributed by atoms with Crippen LogP contribution in [-0.2, 0) is 0 Å². The Labute approximate surface area is 119 Å². The number of anilines is 1. The number of rotatable bonds is 3. The first kappa shape index (κ1) is 14.3. The van der Waals surface area contributed by atoms with E-state index in [1.54, 1.807) is 13.0 Å². The molecule has 2 aromatic carbocycles. The number of carbonyl (C=O) groups is 1. The van der Waals surface area contributed by atoms with Gasteiger partial charge in [0.1, 0.15) is 0 Å². The summed E-state index contributed by atoms with van der Waals surface area (Å²) in [5.74, 6) is -0.162. The van der Waals surface area contributed by atoms with Gasteiger partial charge in [0.2, 0.25) is 0 Å². The highest BCUT2D eigenvalue weighted by molar-refractivity contribution is 6.04. The Balaban J connectivity index is 2.28. The van der Waals surface area contributed by atoms with Gasteiger partial charge in [0.15, 0.2) is 0 Å². The Bertz CT molecular complexity index is 612. The van der Waals surface area contributed by atoms with Crippen molar-refractivity contribution < 1.29 is 9.90 Å². The van der Waals surface area contributed by atoms with Gasteiger partial charge in [-0.2, -0.15) is 0 Å². The summed E-state index contributed by atoms with van der Waals surface area (Å²) in [6.45, 7) is 5.61. The van der Waals surface area contributed by atoms with Gasteiger partial charge in [0.05, 0.1) is 6.10 Å². The van der Waals surface area contributed by atoms with Crippen LogP contribution in [0, 0.1) is 13.8 Å². The summed E-state index contributed by atoms with van der Waals surface area (Å²) in [5.41, 5.74) is 4.10. The SMILES string of the molecule is Cc1cc(C)cc(C(=O)Nc2ccccc2C(C)O)c1. The Kier molecular flexibility index (Phi) is 4.20. The molecular weight excluding hydrogens is 250 g/mol. The Morgan fingerprint density at radius 1 is 1.10 bits per heavy atom. The van der Waals surface area contributed by atoms with Crippen LogP contribution in [0.15, 0.2) is 42.5 Å². The molecule has 0 bridgehead atoms. The summed E-state index contributed by atoms with van der Waals surface area (Å²) in [5, 5.41) is 12.6. The van der Waals surface area contributed by atoms with Gasteiger partial charge in [-0.1, -0.05) is 35.4 Å². The zero-order valence-electron chi connectivity index (χ0n) is 12.0. The van der Waals surface area contributed by atoms with E-state index < -0.39 is 6.10 Å². The maximum atomic E-state index is 12.3. The van der Waals surface area contributed by atoms with Crippen LogP contribution in [-0.4, -0.2) is 11.0 Å². The molecule has 3 nitrogen and oxygen atoms in total. The van der Waals surface area contributed by atoms with Crippen molar-refractivity contribution in [3.05, 3.63) is 64.7 Å². The molecule has 0 aliphatic heterocycles. The number of nitrogens with one attached hydrogen (secondary N) is 1. The minimum Gasteiger partial charge on any atom is -0.389 e. The highest BCUT2D eigenvalue weighted by atomic mass is 16.3. The zero-order valence-corrected chi connectivity index (χ0v) is 12.0. The molecule has 1 amide bonds. The predicted octanol–water partition coefficient (Wildman–Crippen LogP) is 3.61. The second-order valence-corrected chi connectivity index (χ2v) is 5.09. The lowest BCUT2D eigenvalue weighted by atomic mass is 10.1. The van der Waals surface area contributed by atoms with Gasteiger partial charge in [0, 0.05) is 16.8 Å². The smallest absolute Gasteiger partial charge is 0.255 e. The van der Waals surface area contributed by atoms with Crippen molar-refractivity contribution >= 4 is 11.6 Å². The monoisotopic (exact) mass is 269 g/mol. The van der Waals surface area contributed by atoms with Crippen molar-refractivity contribution in [1.82, 2.24) is 0 Å². The summed E-state index contributed by atoms with van der Waals surface area (Å²) in [6, 6.07) is 13.0. The number of aliphatic hydroxyl groups excluding tert-OH is 1. The first-order valence-corrected chi connectivity index (χ1v) is 6.64. The molecular formula is C17H19NO2. The average molecular weight is 269 g/mol. The van der Waals surface area contributed by atoms with E-state index >= 15 is 0 Å². The molecule has 0 spiro atoms. The summed E-state index contributed by atoms with van der Waals surface area (Å²) in [6.07, 6.45) is -0.620. The molecule has 0 radical (unpaired) electrons. The number of carbonyl (C=O) groups excluding carboxylic acids is 1. The van der Waals surface area contributed by atoms with Gasteiger partial charge < -0.3 is 10.4 Å². The third-order valence-electron chi connectivity index (χ3n) is 3.14. The van der Waals surface area contributed by atoms with Crippen molar-refractivity contribution in [3.63, 3.8) is 0 Å². The van der Waals surface area contributed by atoms with E-state index in [4.69, 9.17) is 0 Å². The topological polar surface area (TPSA) is 49.3 Å². The molecule has 2 aromatic rings. The molecule has 0 aromatic heterocycles. The molecule has 0 fully saturated rings. The van der Waals surface area contributed by atoms with Gasteiger partial charge in [-0.15, -0.1) is 0 Å². The summed E-state index contributed by atoms with van der Waals surface area (Å²) in [4.78, 5) is 12.3. The molecule has 0 heterocycles. The molecule has 3 heteroatoms. The minimum absolute atomic E-state index is 0.162. The van der Waals surface area contributed by atoms with Crippen LogP contribution in [0.4, 0.5) is 5.69 Å². The van der Waals surface area contributed by atoms with Crippen LogP contribution >= 0.6 is 0 Å². The van der Waals surface area contributed by atoms with E-state index in [-0.39, 0.29) is 5.91 Å². The first-order valence-electron chi connectivity index (χ1n) is 6.64. The van der Waals surface area contributed by atoms with Gasteiger partial charge in [-0.3, -0.25) is 4.79 Å². The number of benzene rings is 2. The van der Waals surface area contributed by atoms with Crippen molar-refractivity contribution in [3.8, 4) is 0 Å². The van der Waals surface area contributed by atoms with Crippen molar-refractivity contribution in [2.24, 2.45) is 0 Å². The number of para-hydroxylation sites is 1. The van der Waals surface area contributed by atoms with Gasteiger partial charge in [-0.25, -0.2) is 0 Å². The molecule has 1 atom stereocenters. The van der Waals surface area contributed by atoms with Crippen molar-refractivity contribution in [2.75, 3.05) is 5.32 Å². The molecule has 104 valence electrons. The maximum Gasteiger partial charge on any atom is 0.255 e. The normalized spacial score (nSPS) is 12.0. The first-order chi connectivity index (χ1) is 9.47. The van der Waals surface area contributed by atoms with Crippen LogP contribution in [0.5, 0.6) is 0 Å². The lowest BCUT2D eigenvalue weighted by Gasteiger charge is -2.13. The summed E-state index contributed by atoms with van der Waals surface area (Å²) >= 11 is 0. The fourth-order valence-corrected chi connectivity index (χ4v) is 2.28. The largest absolute Gasteiger partial charge is 0.389 e. The fraction of sp³-hybridized carbons (Fsp3) is 0.235. The second-order valence-electron chi connectivity index (χ2n) is 5.09. The van der Waals surface area contributed by atoms with E-state index in [2.05, 4.69) is 5.32 Å². The number of hydrogen-bond donors (Lipinski definition) is 2. The molecule has 2 rings (SSSR count). The van der Waals surface area contributed by atoms with Gasteiger partial charge in [0.25, 0.3) is 5.91 Å². The van der Waals surface area contributed by atoms with Gasteiger partial charge in [-0.05, 0) is 39.0 Å². The van der Waals surface area contributed by atoms with Crippen LogP contribution in [0.3, 0.4) is 0 Å². The fourth-order valence-electron chi connectivity index (χ4n) is 2.28. The molecule has 0 aliphatic carbocycles. The quantitative estimate of drug-likeness (QED) is 0.894. The van der Waals surface area contributed by atoms with Crippen LogP contribution < -0.4 is 5.32 Å². The number of hydrogen-bond acceptors (Lipinski definition) is 2. The molecule has 20 heavy (non-hydrogen) atoms. The highest BCUT2D eigenvalue weighted by Crippen LogP contribution is 2.23. The van der Waals surface area contributed by atoms with E-state index in [1.807, 2.05) is 50.2 Å². The van der Waals surface area contributed by atoms with Crippen molar-refractivity contribution in [2.45, 2.75) is 26.9 Å². The second kappa shape index (κ2) is 5.88. The molecule has 2 N–H and O–H groups in total. The highest BCUT2D eigenvalue weighted by Gasteiger charge is 2.12. The van der Waals surface area contributed by atoms with E-state index in [0.717, 1.165) is 11.1 Å². The molecule has 1 unspecified atom stereocenters. The van der Waals surface area contributed by atoms with Gasteiger partial charge >= 0.3 is 0 Å². The number of aryl methyl sites for hydroxylation is 2. The summed E-state index contributed by atoms with van der Waals surface area (Å²) in [7, 11) is 0. The Hall–Kier alpha value is -2.13. The Morgan fingerprint density at radius 2 is 1.70 bits per heavy atom. The lowest BCUT2D eigenvalue weighted by Crippen LogP contribution is -2.14. The standard InChI is InChI=1S/C17H19NO2/c1-11-8-12(2)10-14(9-11)17(20)18-16-7-5-4-6-15(16)13(3)19/h4-10,13,19H,1-3H3,(H,18,20). The van der Waals surface area contributed by atoms with E-state index in [1.165, 1.54) is 0 Å². The third-order valence-corrected chi connectivity index (χ3v) is 3.14. The van der Waals surface area contributed by atoms with E-state index in [0.29, 0.717) is 16.8 Å². The molecule has 0 saturated carbocycles. The maximum absolute atomic E-state index is 12.3. The number of aliphatic hydroxyl groups is 1. The van der Waals surface area contributed by atoms with Crippen LogP contribution in [0.25, 0.3) is 0 Å².